The first-order chi connectivity index (χ1) is 8.60. The lowest BCUT2D eigenvalue weighted by atomic mass is 9.95. The number of hydrogen-bond acceptors (Lipinski definition) is 3. The molecule has 2 N–H and O–H groups in total. The first-order valence-corrected chi connectivity index (χ1v) is 7.17. The number of nitrogens with one attached hydrogen (secondary N) is 1. The number of hydrogen-bond donors (Lipinski definition) is 2. The summed E-state index contributed by atoms with van der Waals surface area (Å²) in [7, 11) is 3.87. The highest BCUT2D eigenvalue weighted by Crippen LogP contribution is 2.23. The molecule has 1 rings (SSSR count). The molecule has 4 nitrogen and oxygen atoms in total. The van der Waals surface area contributed by atoms with Gasteiger partial charge in [-0.15, -0.1) is 0 Å². The summed E-state index contributed by atoms with van der Waals surface area (Å²) in [6.07, 6.45) is 6.38. The van der Waals surface area contributed by atoms with Gasteiger partial charge in [0.05, 0.1) is 6.04 Å². The number of likely N-dealkylation sites (N-methyl/N-ethyl adjacent to an activating group) is 1. The lowest BCUT2D eigenvalue weighted by Crippen LogP contribution is -2.49. The molecule has 0 aromatic heterocycles. The number of aliphatic hydroxyl groups is 1. The SMILES string of the molecule is CCC(C(=O)NC1CCCCCC1CO)N(C)C. The standard InChI is InChI=1S/C14H28N2O2/c1-4-13(16(2)3)14(18)15-12-9-7-5-6-8-11(12)10-17/h11-13,17H,4-10H2,1-3H3,(H,15,18). The molecule has 0 heterocycles. The van der Waals surface area contributed by atoms with Crippen LogP contribution in [0, 0.1) is 5.92 Å². The summed E-state index contributed by atoms with van der Waals surface area (Å²) in [5.41, 5.74) is 0. The Hall–Kier alpha value is -0.610. The van der Waals surface area contributed by atoms with Crippen LogP contribution in [-0.4, -0.2) is 48.7 Å². The minimum atomic E-state index is -0.0624. The average molecular weight is 256 g/mol. The van der Waals surface area contributed by atoms with Crippen LogP contribution in [0.15, 0.2) is 0 Å². The Balaban J connectivity index is 2.59. The van der Waals surface area contributed by atoms with Crippen molar-refractivity contribution in [1.82, 2.24) is 10.2 Å². The van der Waals surface area contributed by atoms with Gasteiger partial charge in [0.25, 0.3) is 0 Å². The van der Waals surface area contributed by atoms with Crippen LogP contribution in [0.5, 0.6) is 0 Å². The summed E-state index contributed by atoms with van der Waals surface area (Å²) < 4.78 is 0. The van der Waals surface area contributed by atoms with Gasteiger partial charge >= 0.3 is 0 Å². The van der Waals surface area contributed by atoms with Crippen molar-refractivity contribution >= 4 is 5.91 Å². The van der Waals surface area contributed by atoms with Crippen LogP contribution in [0.4, 0.5) is 0 Å². The first kappa shape index (κ1) is 15.4. The molecule has 0 radical (unpaired) electrons. The zero-order valence-corrected chi connectivity index (χ0v) is 12.0. The molecule has 3 atom stereocenters. The van der Waals surface area contributed by atoms with E-state index in [4.69, 9.17) is 0 Å². The van der Waals surface area contributed by atoms with Crippen molar-refractivity contribution in [1.29, 1.82) is 0 Å². The van der Waals surface area contributed by atoms with E-state index in [1.165, 1.54) is 12.8 Å². The van der Waals surface area contributed by atoms with E-state index in [-0.39, 0.29) is 30.5 Å². The van der Waals surface area contributed by atoms with Crippen LogP contribution in [0.3, 0.4) is 0 Å². The molecule has 1 amide bonds. The van der Waals surface area contributed by atoms with Crippen molar-refractivity contribution in [2.45, 2.75) is 57.5 Å². The fourth-order valence-electron chi connectivity index (χ4n) is 2.86. The monoisotopic (exact) mass is 256 g/mol. The predicted octanol–water partition coefficient (Wildman–Crippen LogP) is 1.38. The van der Waals surface area contributed by atoms with Crippen LogP contribution >= 0.6 is 0 Å². The van der Waals surface area contributed by atoms with Crippen LogP contribution in [0.1, 0.15) is 45.4 Å². The lowest BCUT2D eigenvalue weighted by Gasteiger charge is -2.29. The molecule has 0 spiro atoms. The normalized spacial score (nSPS) is 26.7. The number of rotatable bonds is 5. The molecule has 18 heavy (non-hydrogen) atoms. The summed E-state index contributed by atoms with van der Waals surface area (Å²) in [5.74, 6) is 0.337. The molecular weight excluding hydrogens is 228 g/mol. The molecule has 1 aliphatic rings. The Morgan fingerprint density at radius 2 is 2.00 bits per heavy atom. The molecule has 0 bridgehead atoms. The fraction of sp³-hybridized carbons (Fsp3) is 0.929. The lowest BCUT2D eigenvalue weighted by molar-refractivity contribution is -0.126. The van der Waals surface area contributed by atoms with Gasteiger partial charge in [-0.05, 0) is 33.4 Å². The molecule has 1 aliphatic carbocycles. The summed E-state index contributed by atoms with van der Waals surface area (Å²) in [4.78, 5) is 14.2. The molecular formula is C14H28N2O2. The quantitative estimate of drug-likeness (QED) is 0.731. The van der Waals surface area contributed by atoms with E-state index in [0.717, 1.165) is 25.7 Å². The van der Waals surface area contributed by atoms with Crippen molar-refractivity contribution in [2.24, 2.45) is 5.92 Å². The van der Waals surface area contributed by atoms with Crippen LogP contribution in [0.25, 0.3) is 0 Å². The average Bonchev–Trinajstić information content (AvgIpc) is 2.54. The van der Waals surface area contributed by atoms with Crippen LogP contribution in [-0.2, 0) is 4.79 Å². The maximum Gasteiger partial charge on any atom is 0.237 e. The topological polar surface area (TPSA) is 52.6 Å². The number of carbonyl (C=O) groups excluding carboxylic acids is 1. The predicted molar refractivity (Wildman–Crippen MR) is 73.4 cm³/mol. The van der Waals surface area contributed by atoms with E-state index in [0.29, 0.717) is 0 Å². The van der Waals surface area contributed by atoms with Gasteiger partial charge in [0.1, 0.15) is 0 Å². The van der Waals surface area contributed by atoms with E-state index in [1.807, 2.05) is 25.9 Å². The molecule has 1 saturated carbocycles. The van der Waals surface area contributed by atoms with Crippen LogP contribution < -0.4 is 5.32 Å². The van der Waals surface area contributed by atoms with E-state index < -0.39 is 0 Å². The van der Waals surface area contributed by atoms with Gasteiger partial charge in [0.15, 0.2) is 0 Å². The fourth-order valence-corrected chi connectivity index (χ4v) is 2.86. The van der Waals surface area contributed by atoms with Crippen molar-refractivity contribution in [3.05, 3.63) is 0 Å². The maximum absolute atomic E-state index is 12.2. The van der Waals surface area contributed by atoms with Crippen molar-refractivity contribution < 1.29 is 9.90 Å². The third kappa shape index (κ3) is 4.25. The van der Waals surface area contributed by atoms with E-state index in [2.05, 4.69) is 5.32 Å². The molecule has 106 valence electrons. The van der Waals surface area contributed by atoms with Gasteiger partial charge in [0.2, 0.25) is 5.91 Å². The summed E-state index contributed by atoms with van der Waals surface area (Å²) in [6.45, 7) is 2.21. The molecule has 0 aromatic carbocycles. The zero-order valence-electron chi connectivity index (χ0n) is 12.0. The Bertz CT molecular complexity index is 256. The summed E-state index contributed by atoms with van der Waals surface area (Å²) >= 11 is 0. The Morgan fingerprint density at radius 3 is 2.56 bits per heavy atom. The molecule has 0 aliphatic heterocycles. The summed E-state index contributed by atoms with van der Waals surface area (Å²) in [5, 5.41) is 12.6. The first-order valence-electron chi connectivity index (χ1n) is 7.17. The molecule has 0 saturated heterocycles. The largest absolute Gasteiger partial charge is 0.396 e. The third-order valence-corrected chi connectivity index (χ3v) is 4.03. The Labute approximate surface area is 111 Å². The number of amides is 1. The van der Waals surface area contributed by atoms with Crippen LogP contribution in [0.2, 0.25) is 0 Å². The number of nitrogens with zero attached hydrogens (tertiary/aromatic N) is 1. The maximum atomic E-state index is 12.2. The molecule has 1 fully saturated rings. The Morgan fingerprint density at radius 1 is 1.33 bits per heavy atom. The number of aliphatic hydroxyl groups excluding tert-OH is 1. The van der Waals surface area contributed by atoms with Gasteiger partial charge in [0, 0.05) is 18.6 Å². The number of carbonyl (C=O) groups is 1. The highest BCUT2D eigenvalue weighted by molar-refractivity contribution is 5.81. The van der Waals surface area contributed by atoms with E-state index in [9.17, 15) is 9.90 Å². The van der Waals surface area contributed by atoms with Gasteiger partial charge < -0.3 is 10.4 Å². The summed E-state index contributed by atoms with van der Waals surface area (Å²) in [6, 6.07) is 0.0894. The minimum absolute atomic E-state index is 0.0624. The molecule has 4 heteroatoms. The molecule has 3 unspecified atom stereocenters. The second-order valence-corrected chi connectivity index (χ2v) is 5.58. The smallest absolute Gasteiger partial charge is 0.237 e. The van der Waals surface area contributed by atoms with Crippen molar-refractivity contribution in [2.75, 3.05) is 20.7 Å². The van der Waals surface area contributed by atoms with Gasteiger partial charge in [-0.25, -0.2) is 0 Å². The van der Waals surface area contributed by atoms with Crippen molar-refractivity contribution in [3.8, 4) is 0 Å². The second kappa shape index (κ2) is 7.74. The Kier molecular flexibility index (Phi) is 6.65. The van der Waals surface area contributed by atoms with Gasteiger partial charge in [-0.1, -0.05) is 26.2 Å². The van der Waals surface area contributed by atoms with E-state index >= 15 is 0 Å². The van der Waals surface area contributed by atoms with Gasteiger partial charge in [-0.3, -0.25) is 9.69 Å². The minimum Gasteiger partial charge on any atom is -0.396 e. The highest BCUT2D eigenvalue weighted by atomic mass is 16.3. The molecule has 0 aromatic rings. The zero-order chi connectivity index (χ0) is 13.5. The van der Waals surface area contributed by atoms with Crippen molar-refractivity contribution in [3.63, 3.8) is 0 Å². The van der Waals surface area contributed by atoms with Gasteiger partial charge in [-0.2, -0.15) is 0 Å². The third-order valence-electron chi connectivity index (χ3n) is 4.03. The highest BCUT2D eigenvalue weighted by Gasteiger charge is 2.27. The van der Waals surface area contributed by atoms with E-state index in [1.54, 1.807) is 0 Å². The second-order valence-electron chi connectivity index (χ2n) is 5.58.